The van der Waals surface area contributed by atoms with Gasteiger partial charge >= 0.3 is 5.97 Å². The fourth-order valence-electron chi connectivity index (χ4n) is 2.42. The van der Waals surface area contributed by atoms with Gasteiger partial charge in [0.2, 0.25) is 0 Å². The summed E-state index contributed by atoms with van der Waals surface area (Å²) in [6.07, 6.45) is 1.64. The quantitative estimate of drug-likeness (QED) is 0.826. The van der Waals surface area contributed by atoms with Crippen LogP contribution in [0, 0.1) is 24.7 Å². The Morgan fingerprint density at radius 3 is 2.37 bits per heavy atom. The van der Waals surface area contributed by atoms with Gasteiger partial charge in [-0.15, -0.1) is 0 Å². The van der Waals surface area contributed by atoms with Crippen LogP contribution >= 0.6 is 0 Å². The highest BCUT2D eigenvalue weighted by molar-refractivity contribution is 5.94. The van der Waals surface area contributed by atoms with Gasteiger partial charge in [-0.05, 0) is 36.3 Å². The monoisotopic (exact) mass is 264 g/mol. The second-order valence-electron chi connectivity index (χ2n) is 5.69. The Labute approximate surface area is 115 Å². The van der Waals surface area contributed by atoms with E-state index in [0.717, 1.165) is 12.1 Å². The van der Waals surface area contributed by atoms with Crippen LogP contribution in [0.2, 0.25) is 0 Å². The summed E-state index contributed by atoms with van der Waals surface area (Å²) in [7, 11) is 0. The highest BCUT2D eigenvalue weighted by Gasteiger charge is 2.19. The van der Waals surface area contributed by atoms with Crippen LogP contribution in [-0.2, 0) is 0 Å². The number of pyridine rings is 1. The van der Waals surface area contributed by atoms with Crippen molar-refractivity contribution in [2.45, 2.75) is 34.6 Å². The van der Waals surface area contributed by atoms with Crippen molar-refractivity contribution < 1.29 is 9.90 Å². The van der Waals surface area contributed by atoms with Crippen LogP contribution < -0.4 is 5.32 Å². The maximum absolute atomic E-state index is 11.3. The normalized spacial score (nSPS) is 11.4. The number of hydrogen-bond acceptors (Lipinski definition) is 3. The number of carboxylic acids is 1. The fraction of sp³-hybridized carbons (Fsp3) is 0.600. The molecule has 1 aromatic heterocycles. The molecule has 0 unspecified atom stereocenters. The molecule has 4 nitrogen and oxygen atoms in total. The highest BCUT2D eigenvalue weighted by Crippen LogP contribution is 2.22. The van der Waals surface area contributed by atoms with E-state index >= 15 is 0 Å². The Morgan fingerprint density at radius 1 is 1.32 bits per heavy atom. The van der Waals surface area contributed by atoms with Crippen molar-refractivity contribution >= 4 is 11.8 Å². The SMILES string of the molecule is Cc1ccnc(NCC(C(C)C)C(C)C)c1C(=O)O. The van der Waals surface area contributed by atoms with Gasteiger partial charge in [-0.2, -0.15) is 0 Å². The van der Waals surface area contributed by atoms with E-state index in [1.54, 1.807) is 19.2 Å². The van der Waals surface area contributed by atoms with Crippen molar-refractivity contribution in [1.82, 2.24) is 4.98 Å². The van der Waals surface area contributed by atoms with E-state index in [-0.39, 0.29) is 5.56 Å². The first-order valence-electron chi connectivity index (χ1n) is 6.77. The number of aryl methyl sites for hydroxylation is 1. The van der Waals surface area contributed by atoms with E-state index in [1.807, 2.05) is 0 Å². The van der Waals surface area contributed by atoms with Crippen molar-refractivity contribution in [2.24, 2.45) is 17.8 Å². The second-order valence-corrected chi connectivity index (χ2v) is 5.69. The molecule has 0 atom stereocenters. The minimum absolute atomic E-state index is 0.272. The zero-order valence-electron chi connectivity index (χ0n) is 12.4. The Balaban J connectivity index is 2.88. The summed E-state index contributed by atoms with van der Waals surface area (Å²) >= 11 is 0. The van der Waals surface area contributed by atoms with Gasteiger partial charge < -0.3 is 10.4 Å². The lowest BCUT2D eigenvalue weighted by atomic mass is 9.85. The number of hydrogen-bond donors (Lipinski definition) is 2. The first-order valence-corrected chi connectivity index (χ1v) is 6.77. The Kier molecular flexibility index (Phi) is 5.33. The standard InChI is InChI=1S/C15H24N2O2/c1-9(2)12(10(3)4)8-17-14-13(15(18)19)11(5)6-7-16-14/h6-7,9-10,12H,8H2,1-5H3,(H,16,17)(H,18,19). The number of anilines is 1. The lowest BCUT2D eigenvalue weighted by molar-refractivity contribution is 0.0697. The maximum Gasteiger partial charge on any atom is 0.339 e. The van der Waals surface area contributed by atoms with Gasteiger partial charge in [0.05, 0.1) is 0 Å². The van der Waals surface area contributed by atoms with Crippen molar-refractivity contribution in [2.75, 3.05) is 11.9 Å². The maximum atomic E-state index is 11.3. The molecule has 106 valence electrons. The van der Waals surface area contributed by atoms with E-state index in [0.29, 0.717) is 23.6 Å². The molecule has 0 aromatic carbocycles. The molecule has 19 heavy (non-hydrogen) atoms. The van der Waals surface area contributed by atoms with E-state index in [1.165, 1.54) is 0 Å². The summed E-state index contributed by atoms with van der Waals surface area (Å²) < 4.78 is 0. The van der Waals surface area contributed by atoms with Crippen LogP contribution in [-0.4, -0.2) is 22.6 Å². The van der Waals surface area contributed by atoms with Crippen molar-refractivity contribution in [3.05, 3.63) is 23.4 Å². The molecule has 0 aliphatic carbocycles. The molecule has 1 heterocycles. The van der Waals surface area contributed by atoms with Gasteiger partial charge in [-0.25, -0.2) is 9.78 Å². The Hall–Kier alpha value is -1.58. The van der Waals surface area contributed by atoms with Gasteiger partial charge in [0.15, 0.2) is 0 Å². The van der Waals surface area contributed by atoms with E-state index in [4.69, 9.17) is 0 Å². The van der Waals surface area contributed by atoms with Crippen LogP contribution in [0.1, 0.15) is 43.6 Å². The third-order valence-corrected chi connectivity index (χ3v) is 3.59. The molecule has 1 aromatic rings. The Morgan fingerprint density at radius 2 is 1.89 bits per heavy atom. The molecule has 1 rings (SSSR count). The van der Waals surface area contributed by atoms with E-state index in [9.17, 15) is 9.90 Å². The molecular formula is C15H24N2O2. The number of carbonyl (C=O) groups is 1. The molecule has 4 heteroatoms. The van der Waals surface area contributed by atoms with Crippen molar-refractivity contribution in [3.63, 3.8) is 0 Å². The van der Waals surface area contributed by atoms with Gasteiger partial charge in [0, 0.05) is 12.7 Å². The van der Waals surface area contributed by atoms with Crippen molar-refractivity contribution in [3.8, 4) is 0 Å². The third kappa shape index (κ3) is 3.94. The van der Waals surface area contributed by atoms with Crippen LogP contribution in [0.4, 0.5) is 5.82 Å². The summed E-state index contributed by atoms with van der Waals surface area (Å²) in [4.78, 5) is 15.4. The average molecular weight is 264 g/mol. The number of aromatic carboxylic acids is 1. The minimum atomic E-state index is -0.932. The van der Waals surface area contributed by atoms with E-state index < -0.39 is 5.97 Å². The summed E-state index contributed by atoms with van der Waals surface area (Å²) in [6, 6.07) is 1.72. The fourth-order valence-corrected chi connectivity index (χ4v) is 2.42. The molecule has 0 aliphatic rings. The van der Waals surface area contributed by atoms with E-state index in [2.05, 4.69) is 38.0 Å². The highest BCUT2D eigenvalue weighted by atomic mass is 16.4. The van der Waals surface area contributed by atoms with Gasteiger partial charge in [0.25, 0.3) is 0 Å². The lowest BCUT2D eigenvalue weighted by Crippen LogP contribution is -2.25. The summed E-state index contributed by atoms with van der Waals surface area (Å²) in [5.74, 6) is 1.12. The number of carboxylic acid groups (broad SMARTS) is 1. The predicted molar refractivity (Wildman–Crippen MR) is 77.6 cm³/mol. The summed E-state index contributed by atoms with van der Waals surface area (Å²) in [5.41, 5.74) is 1.00. The number of nitrogens with zero attached hydrogens (tertiary/aromatic N) is 1. The lowest BCUT2D eigenvalue weighted by Gasteiger charge is -2.25. The molecule has 0 saturated heterocycles. The second kappa shape index (κ2) is 6.55. The largest absolute Gasteiger partial charge is 0.478 e. The third-order valence-electron chi connectivity index (χ3n) is 3.59. The molecule has 0 amide bonds. The smallest absolute Gasteiger partial charge is 0.339 e. The van der Waals surface area contributed by atoms with Gasteiger partial charge in [0.1, 0.15) is 11.4 Å². The molecular weight excluding hydrogens is 240 g/mol. The minimum Gasteiger partial charge on any atom is -0.478 e. The predicted octanol–water partition coefficient (Wildman–Crippen LogP) is 3.43. The molecule has 0 saturated carbocycles. The molecule has 2 N–H and O–H groups in total. The van der Waals surface area contributed by atoms with Crippen LogP contribution in [0.25, 0.3) is 0 Å². The molecule has 0 spiro atoms. The van der Waals surface area contributed by atoms with Crippen molar-refractivity contribution in [1.29, 1.82) is 0 Å². The zero-order chi connectivity index (χ0) is 14.6. The first kappa shape index (κ1) is 15.5. The first-order chi connectivity index (χ1) is 8.84. The number of nitrogens with one attached hydrogen (secondary N) is 1. The van der Waals surface area contributed by atoms with Crippen LogP contribution in [0.3, 0.4) is 0 Å². The average Bonchev–Trinajstić information content (AvgIpc) is 2.27. The van der Waals surface area contributed by atoms with Gasteiger partial charge in [-0.3, -0.25) is 0 Å². The summed E-state index contributed by atoms with van der Waals surface area (Å²) in [5, 5.41) is 12.5. The zero-order valence-corrected chi connectivity index (χ0v) is 12.4. The van der Waals surface area contributed by atoms with Crippen LogP contribution in [0.5, 0.6) is 0 Å². The van der Waals surface area contributed by atoms with Gasteiger partial charge in [-0.1, -0.05) is 27.7 Å². The molecule has 0 fully saturated rings. The van der Waals surface area contributed by atoms with Crippen LogP contribution in [0.15, 0.2) is 12.3 Å². The molecule has 0 aliphatic heterocycles. The topological polar surface area (TPSA) is 62.2 Å². The molecule has 0 bridgehead atoms. The summed E-state index contributed by atoms with van der Waals surface area (Å²) in [6.45, 7) is 11.3. The number of aromatic nitrogens is 1. The Bertz CT molecular complexity index is 434. The molecule has 0 radical (unpaired) electrons. The number of rotatable bonds is 6.